The number of allylic oxidation sites excluding steroid dienone is 1. The maximum atomic E-state index is 12.7. The summed E-state index contributed by atoms with van der Waals surface area (Å²) in [6.45, 7) is 3.01. The second-order valence-electron chi connectivity index (χ2n) is 8.55. The Morgan fingerprint density at radius 1 is 1.16 bits per heavy atom. The zero-order valence-corrected chi connectivity index (χ0v) is 19.0. The molecule has 0 bridgehead atoms. The standard InChI is InChI=1S/C24H27N3O4S/c1-14(15-7-8-17-18(13-15)31-12-11-30-17)25-21(28)10-9-20-26-23(29)22-16-5-3-2-4-6-19(16)32-24(22)27-20/h7-8,13-14,22H,2-6,9-12H2,1H3,(H,25,28). The number of fused-ring (bicyclic) bond motifs is 3. The van der Waals surface area contributed by atoms with Gasteiger partial charge in [0, 0.05) is 12.8 Å². The van der Waals surface area contributed by atoms with Gasteiger partial charge in [0.15, 0.2) is 11.5 Å². The van der Waals surface area contributed by atoms with Gasteiger partial charge in [-0.05, 0) is 60.8 Å². The van der Waals surface area contributed by atoms with Crippen molar-refractivity contribution >= 4 is 34.5 Å². The van der Waals surface area contributed by atoms with E-state index in [-0.39, 0.29) is 30.2 Å². The molecule has 1 aliphatic carbocycles. The molecule has 168 valence electrons. The van der Waals surface area contributed by atoms with Gasteiger partial charge < -0.3 is 14.8 Å². The molecule has 32 heavy (non-hydrogen) atoms. The van der Waals surface area contributed by atoms with E-state index in [1.807, 2.05) is 25.1 Å². The predicted octanol–water partition coefficient (Wildman–Crippen LogP) is 4.33. The number of nitrogens with one attached hydrogen (secondary N) is 1. The van der Waals surface area contributed by atoms with E-state index in [9.17, 15) is 9.59 Å². The van der Waals surface area contributed by atoms with Crippen LogP contribution in [-0.4, -0.2) is 35.9 Å². The van der Waals surface area contributed by atoms with Gasteiger partial charge in [0.1, 0.15) is 25.0 Å². The Morgan fingerprint density at radius 2 is 1.97 bits per heavy atom. The fourth-order valence-electron chi connectivity index (χ4n) is 4.58. The summed E-state index contributed by atoms with van der Waals surface area (Å²) in [5.74, 6) is 1.42. The van der Waals surface area contributed by atoms with Gasteiger partial charge in [-0.25, -0.2) is 4.99 Å². The van der Waals surface area contributed by atoms with Gasteiger partial charge >= 0.3 is 0 Å². The topological polar surface area (TPSA) is 89.4 Å². The van der Waals surface area contributed by atoms with E-state index in [1.165, 1.54) is 23.3 Å². The van der Waals surface area contributed by atoms with E-state index in [0.29, 0.717) is 31.2 Å². The van der Waals surface area contributed by atoms with E-state index >= 15 is 0 Å². The van der Waals surface area contributed by atoms with Gasteiger partial charge in [-0.2, -0.15) is 4.99 Å². The second-order valence-corrected chi connectivity index (χ2v) is 9.67. The van der Waals surface area contributed by atoms with Crippen LogP contribution >= 0.6 is 11.8 Å². The Hall–Kier alpha value is -2.61. The van der Waals surface area contributed by atoms with Crippen molar-refractivity contribution in [2.75, 3.05) is 13.2 Å². The van der Waals surface area contributed by atoms with Crippen LogP contribution < -0.4 is 14.8 Å². The Morgan fingerprint density at radius 3 is 2.84 bits per heavy atom. The van der Waals surface area contributed by atoms with Crippen molar-refractivity contribution in [3.05, 3.63) is 34.2 Å². The Bertz CT molecular complexity index is 1050. The van der Waals surface area contributed by atoms with Gasteiger partial charge in [0.25, 0.3) is 5.91 Å². The van der Waals surface area contributed by atoms with E-state index in [1.54, 1.807) is 11.8 Å². The van der Waals surface area contributed by atoms with Crippen LogP contribution in [0, 0.1) is 5.92 Å². The van der Waals surface area contributed by atoms with Crippen molar-refractivity contribution in [3.63, 3.8) is 0 Å². The molecule has 0 saturated carbocycles. The molecule has 0 spiro atoms. The lowest BCUT2D eigenvalue weighted by molar-refractivity contribution is -0.122. The average Bonchev–Trinajstić information content (AvgIpc) is 2.99. The van der Waals surface area contributed by atoms with Crippen LogP contribution in [0.4, 0.5) is 0 Å². The third-order valence-corrected chi connectivity index (χ3v) is 7.52. The van der Waals surface area contributed by atoms with E-state index in [0.717, 1.165) is 35.6 Å². The minimum atomic E-state index is -0.263. The van der Waals surface area contributed by atoms with Gasteiger partial charge in [-0.1, -0.05) is 24.2 Å². The molecule has 1 aromatic carbocycles. The Balaban J connectivity index is 1.17. The first-order valence-electron chi connectivity index (χ1n) is 11.4. The number of nitrogens with zero attached hydrogens (tertiary/aromatic N) is 2. The zero-order chi connectivity index (χ0) is 22.1. The summed E-state index contributed by atoms with van der Waals surface area (Å²) in [6, 6.07) is 5.54. The molecule has 5 rings (SSSR count). The fraction of sp³-hybridized carbons (Fsp3) is 0.500. The maximum Gasteiger partial charge on any atom is 0.261 e. The zero-order valence-electron chi connectivity index (χ0n) is 18.2. The minimum absolute atomic E-state index is 0.0992. The van der Waals surface area contributed by atoms with Gasteiger partial charge in [-0.15, -0.1) is 0 Å². The molecule has 7 nitrogen and oxygen atoms in total. The largest absolute Gasteiger partial charge is 0.486 e. The van der Waals surface area contributed by atoms with Gasteiger partial charge in [-0.3, -0.25) is 9.59 Å². The van der Waals surface area contributed by atoms with Crippen molar-refractivity contribution in [2.24, 2.45) is 15.9 Å². The maximum absolute atomic E-state index is 12.7. The molecule has 0 saturated heterocycles. The number of amides is 2. The highest BCUT2D eigenvalue weighted by Gasteiger charge is 2.40. The number of rotatable bonds is 5. The van der Waals surface area contributed by atoms with E-state index in [2.05, 4.69) is 15.3 Å². The predicted molar refractivity (Wildman–Crippen MR) is 124 cm³/mol. The number of benzene rings is 1. The quantitative estimate of drug-likeness (QED) is 0.717. The van der Waals surface area contributed by atoms with Gasteiger partial charge in [0.05, 0.1) is 11.1 Å². The number of carbonyl (C=O) groups is 2. The lowest BCUT2D eigenvalue weighted by Crippen LogP contribution is -2.29. The highest BCUT2D eigenvalue weighted by atomic mass is 32.2. The van der Waals surface area contributed by atoms with Crippen molar-refractivity contribution < 1.29 is 19.1 Å². The summed E-state index contributed by atoms with van der Waals surface area (Å²) in [5.41, 5.74) is 2.19. The van der Waals surface area contributed by atoms with E-state index in [4.69, 9.17) is 9.47 Å². The molecule has 8 heteroatoms. The summed E-state index contributed by atoms with van der Waals surface area (Å²) >= 11 is 1.66. The number of thioether (sulfide) groups is 1. The summed E-state index contributed by atoms with van der Waals surface area (Å²) in [4.78, 5) is 35.5. The first-order chi connectivity index (χ1) is 15.6. The normalized spacial score (nSPS) is 22.9. The van der Waals surface area contributed by atoms with Crippen molar-refractivity contribution in [3.8, 4) is 11.5 Å². The second kappa shape index (κ2) is 9.10. The summed E-state index contributed by atoms with van der Waals surface area (Å²) in [7, 11) is 0. The number of aliphatic imine (C=N–C) groups is 2. The third-order valence-electron chi connectivity index (χ3n) is 6.28. The molecule has 0 radical (unpaired) electrons. The molecule has 2 atom stereocenters. The number of carbonyl (C=O) groups excluding carboxylic acids is 2. The molecule has 3 aliphatic heterocycles. The average molecular weight is 454 g/mol. The van der Waals surface area contributed by atoms with Crippen molar-refractivity contribution in [1.29, 1.82) is 0 Å². The SMILES string of the molecule is CC(NC(=O)CCC1=NC(=O)C2C(=N1)SC1=C2CCCCC1)c1ccc2c(c1)OCCO2. The molecule has 2 amide bonds. The van der Waals surface area contributed by atoms with Crippen LogP contribution in [0.1, 0.15) is 63.5 Å². The van der Waals surface area contributed by atoms with Gasteiger partial charge in [0.2, 0.25) is 5.91 Å². The van der Waals surface area contributed by atoms with Crippen LogP contribution in [0.2, 0.25) is 0 Å². The first-order valence-corrected chi connectivity index (χ1v) is 12.2. The monoisotopic (exact) mass is 453 g/mol. The molecule has 0 aromatic heterocycles. The van der Waals surface area contributed by atoms with Crippen LogP contribution in [0.15, 0.2) is 38.7 Å². The van der Waals surface area contributed by atoms with Crippen LogP contribution in [0.3, 0.4) is 0 Å². The van der Waals surface area contributed by atoms with Crippen molar-refractivity contribution in [2.45, 2.75) is 57.9 Å². The van der Waals surface area contributed by atoms with Crippen LogP contribution in [-0.2, 0) is 9.59 Å². The summed E-state index contributed by atoms with van der Waals surface area (Å²) in [6.07, 6.45) is 6.13. The Kier molecular flexibility index (Phi) is 6.04. The Labute approximate surface area is 191 Å². The first kappa shape index (κ1) is 21.2. The van der Waals surface area contributed by atoms with E-state index < -0.39 is 0 Å². The third kappa shape index (κ3) is 4.33. The molecular formula is C24H27N3O4S. The number of amidine groups is 1. The molecular weight excluding hydrogens is 426 g/mol. The molecule has 0 fully saturated rings. The highest BCUT2D eigenvalue weighted by Crippen LogP contribution is 2.46. The summed E-state index contributed by atoms with van der Waals surface area (Å²) < 4.78 is 11.2. The minimum Gasteiger partial charge on any atom is -0.486 e. The molecule has 1 N–H and O–H groups in total. The molecule has 4 aliphatic rings. The molecule has 2 unspecified atom stereocenters. The highest BCUT2D eigenvalue weighted by molar-refractivity contribution is 8.17. The van der Waals surface area contributed by atoms with Crippen LogP contribution in [0.5, 0.6) is 11.5 Å². The van der Waals surface area contributed by atoms with Crippen molar-refractivity contribution in [1.82, 2.24) is 5.32 Å². The lowest BCUT2D eigenvalue weighted by Gasteiger charge is -2.21. The molecule has 1 aromatic rings. The number of hydrogen-bond donors (Lipinski definition) is 1. The smallest absolute Gasteiger partial charge is 0.261 e. The van der Waals surface area contributed by atoms with Crippen LogP contribution in [0.25, 0.3) is 0 Å². The molecule has 3 heterocycles. The number of ether oxygens (including phenoxy) is 2. The fourth-order valence-corrected chi connectivity index (χ4v) is 5.95. The number of hydrogen-bond acceptors (Lipinski definition) is 6. The summed E-state index contributed by atoms with van der Waals surface area (Å²) in [5, 5.41) is 3.87. The lowest BCUT2D eigenvalue weighted by atomic mass is 9.94.